The number of nitrogens with one attached hydrogen (secondary N) is 2. The normalized spacial score (nSPS) is 20.7. The number of aryl methyl sites for hydroxylation is 3. The minimum Gasteiger partial charge on any atom is -0.324 e. The molecule has 1 saturated heterocycles. The van der Waals surface area contributed by atoms with E-state index >= 15 is 0 Å². The number of imide groups is 1. The number of carbonyl (C=O) groups is 3. The summed E-state index contributed by atoms with van der Waals surface area (Å²) in [5, 5.41) is 5.44. The molecule has 0 unspecified atom stereocenters. The van der Waals surface area contributed by atoms with Crippen LogP contribution in [0.3, 0.4) is 0 Å². The topological polar surface area (TPSA) is 78.5 Å². The summed E-state index contributed by atoms with van der Waals surface area (Å²) >= 11 is 0. The third kappa shape index (κ3) is 3.21. The highest BCUT2D eigenvalue weighted by Gasteiger charge is 2.46. The van der Waals surface area contributed by atoms with E-state index in [-0.39, 0.29) is 18.4 Å². The molecular formula is C17H23N3O3. The summed E-state index contributed by atoms with van der Waals surface area (Å²) in [4.78, 5) is 37.5. The Kier molecular flexibility index (Phi) is 4.45. The van der Waals surface area contributed by atoms with Crippen molar-refractivity contribution in [3.63, 3.8) is 0 Å². The predicted molar refractivity (Wildman–Crippen MR) is 88.2 cm³/mol. The fraction of sp³-hybridized carbons (Fsp3) is 0.471. The smallest absolute Gasteiger partial charge is 0.324 e. The quantitative estimate of drug-likeness (QED) is 0.836. The summed E-state index contributed by atoms with van der Waals surface area (Å²) in [5.41, 5.74) is 2.82. The van der Waals surface area contributed by atoms with Crippen LogP contribution in [0.15, 0.2) is 12.1 Å². The van der Waals surface area contributed by atoms with Gasteiger partial charge in [0.15, 0.2) is 0 Å². The SMILES string of the molecule is CC[C@]1(C)NC(=O)N(CC(=O)Nc2c(C)cc(C)cc2C)C1=O. The first-order chi connectivity index (χ1) is 10.7. The van der Waals surface area contributed by atoms with E-state index in [0.717, 1.165) is 27.3 Å². The molecule has 1 heterocycles. The molecule has 1 atom stereocenters. The highest BCUT2D eigenvalue weighted by molar-refractivity contribution is 6.10. The van der Waals surface area contributed by atoms with Crippen LogP contribution in [0.5, 0.6) is 0 Å². The van der Waals surface area contributed by atoms with Gasteiger partial charge in [-0.1, -0.05) is 24.6 Å². The van der Waals surface area contributed by atoms with Crippen LogP contribution in [0, 0.1) is 20.8 Å². The molecule has 1 aromatic rings. The van der Waals surface area contributed by atoms with Crippen LogP contribution in [-0.2, 0) is 9.59 Å². The monoisotopic (exact) mass is 317 g/mol. The van der Waals surface area contributed by atoms with Gasteiger partial charge in [-0.2, -0.15) is 0 Å². The van der Waals surface area contributed by atoms with E-state index in [2.05, 4.69) is 10.6 Å². The minimum absolute atomic E-state index is 0.285. The summed E-state index contributed by atoms with van der Waals surface area (Å²) in [6, 6.07) is 3.43. The number of nitrogens with zero attached hydrogens (tertiary/aromatic N) is 1. The van der Waals surface area contributed by atoms with Crippen molar-refractivity contribution in [2.24, 2.45) is 0 Å². The second-order valence-corrected chi connectivity index (χ2v) is 6.33. The Morgan fingerprint density at radius 3 is 2.26 bits per heavy atom. The molecular weight excluding hydrogens is 294 g/mol. The molecule has 2 N–H and O–H groups in total. The van der Waals surface area contributed by atoms with Gasteiger partial charge in [0.1, 0.15) is 12.1 Å². The molecule has 124 valence electrons. The Hall–Kier alpha value is -2.37. The molecule has 0 bridgehead atoms. The zero-order chi connectivity index (χ0) is 17.4. The van der Waals surface area contributed by atoms with Crippen LogP contribution >= 0.6 is 0 Å². The number of benzene rings is 1. The third-order valence-electron chi connectivity index (χ3n) is 4.30. The minimum atomic E-state index is -0.924. The average Bonchev–Trinajstić information content (AvgIpc) is 2.67. The lowest BCUT2D eigenvalue weighted by Gasteiger charge is -2.19. The maximum absolute atomic E-state index is 12.3. The Labute approximate surface area is 136 Å². The van der Waals surface area contributed by atoms with Gasteiger partial charge in [-0.25, -0.2) is 4.79 Å². The summed E-state index contributed by atoms with van der Waals surface area (Å²) in [6.07, 6.45) is 0.478. The maximum atomic E-state index is 12.3. The molecule has 2 rings (SSSR count). The number of rotatable bonds is 4. The molecule has 1 aromatic carbocycles. The molecule has 1 fully saturated rings. The molecule has 23 heavy (non-hydrogen) atoms. The lowest BCUT2D eigenvalue weighted by molar-refractivity contribution is -0.133. The number of hydrogen-bond donors (Lipinski definition) is 2. The van der Waals surface area contributed by atoms with E-state index < -0.39 is 11.6 Å². The van der Waals surface area contributed by atoms with Gasteiger partial charge in [-0.3, -0.25) is 14.5 Å². The fourth-order valence-corrected chi connectivity index (χ4v) is 2.83. The van der Waals surface area contributed by atoms with Crippen molar-refractivity contribution in [1.29, 1.82) is 0 Å². The number of carbonyl (C=O) groups excluding carboxylic acids is 3. The summed E-state index contributed by atoms with van der Waals surface area (Å²) < 4.78 is 0. The first-order valence-electron chi connectivity index (χ1n) is 7.69. The first kappa shape index (κ1) is 17.0. The van der Waals surface area contributed by atoms with Gasteiger partial charge in [0.25, 0.3) is 5.91 Å². The summed E-state index contributed by atoms with van der Waals surface area (Å²) in [5.74, 6) is -0.749. The van der Waals surface area contributed by atoms with Crippen LogP contribution < -0.4 is 10.6 Å². The molecule has 6 heteroatoms. The highest BCUT2D eigenvalue weighted by Crippen LogP contribution is 2.23. The van der Waals surface area contributed by atoms with Gasteiger partial charge in [-0.15, -0.1) is 0 Å². The molecule has 0 aliphatic carbocycles. The molecule has 4 amide bonds. The number of hydrogen-bond acceptors (Lipinski definition) is 3. The molecule has 1 aliphatic heterocycles. The van der Waals surface area contributed by atoms with E-state index in [4.69, 9.17) is 0 Å². The lowest BCUT2D eigenvalue weighted by Crippen LogP contribution is -2.44. The predicted octanol–water partition coefficient (Wildman–Crippen LogP) is 2.27. The number of urea groups is 1. The number of anilines is 1. The third-order valence-corrected chi connectivity index (χ3v) is 4.30. The first-order valence-corrected chi connectivity index (χ1v) is 7.69. The van der Waals surface area contributed by atoms with Crippen LogP contribution in [-0.4, -0.2) is 34.8 Å². The van der Waals surface area contributed by atoms with Gasteiger partial charge in [0, 0.05) is 5.69 Å². The summed E-state index contributed by atoms with van der Waals surface area (Å²) in [6.45, 7) is 9.02. The van der Waals surface area contributed by atoms with Gasteiger partial charge in [0.05, 0.1) is 0 Å². The van der Waals surface area contributed by atoms with E-state index in [9.17, 15) is 14.4 Å². The van der Waals surface area contributed by atoms with Crippen molar-refractivity contribution < 1.29 is 14.4 Å². The second-order valence-electron chi connectivity index (χ2n) is 6.33. The Bertz CT molecular complexity index is 661. The average molecular weight is 317 g/mol. The highest BCUT2D eigenvalue weighted by atomic mass is 16.2. The Morgan fingerprint density at radius 1 is 1.22 bits per heavy atom. The van der Waals surface area contributed by atoms with Crippen LogP contribution in [0.25, 0.3) is 0 Å². The zero-order valence-corrected chi connectivity index (χ0v) is 14.2. The van der Waals surface area contributed by atoms with E-state index in [1.54, 1.807) is 6.92 Å². The van der Waals surface area contributed by atoms with Crippen molar-refractivity contribution in [3.05, 3.63) is 28.8 Å². The molecule has 0 aromatic heterocycles. The summed E-state index contributed by atoms with van der Waals surface area (Å²) in [7, 11) is 0. The standard InChI is InChI=1S/C17H23N3O3/c1-6-17(5)15(22)20(16(23)19-17)9-13(21)18-14-11(3)7-10(2)8-12(14)4/h7-8H,6,9H2,1-5H3,(H,18,21)(H,19,23)/t17-/m0/s1. The molecule has 0 spiro atoms. The van der Waals surface area contributed by atoms with Crippen molar-refractivity contribution in [2.45, 2.75) is 46.6 Å². The van der Waals surface area contributed by atoms with Crippen molar-refractivity contribution in [2.75, 3.05) is 11.9 Å². The van der Waals surface area contributed by atoms with E-state index in [1.165, 1.54) is 0 Å². The van der Waals surface area contributed by atoms with Crippen molar-refractivity contribution >= 4 is 23.5 Å². The van der Waals surface area contributed by atoms with Gasteiger partial charge >= 0.3 is 6.03 Å². The van der Waals surface area contributed by atoms with Crippen molar-refractivity contribution in [3.8, 4) is 0 Å². The van der Waals surface area contributed by atoms with Gasteiger partial charge < -0.3 is 10.6 Å². The van der Waals surface area contributed by atoms with E-state index in [1.807, 2.05) is 39.8 Å². The molecule has 1 aliphatic rings. The fourth-order valence-electron chi connectivity index (χ4n) is 2.83. The van der Waals surface area contributed by atoms with Crippen molar-refractivity contribution in [1.82, 2.24) is 10.2 Å². The van der Waals surface area contributed by atoms with Crippen LogP contribution in [0.2, 0.25) is 0 Å². The largest absolute Gasteiger partial charge is 0.325 e. The molecule has 0 radical (unpaired) electrons. The Morgan fingerprint density at radius 2 is 1.78 bits per heavy atom. The van der Waals surface area contributed by atoms with E-state index in [0.29, 0.717) is 6.42 Å². The van der Waals surface area contributed by atoms with Crippen LogP contribution in [0.4, 0.5) is 10.5 Å². The maximum Gasteiger partial charge on any atom is 0.325 e. The molecule has 6 nitrogen and oxygen atoms in total. The van der Waals surface area contributed by atoms with Gasteiger partial charge in [0.2, 0.25) is 5.91 Å². The Balaban J connectivity index is 2.12. The zero-order valence-electron chi connectivity index (χ0n) is 14.2. The van der Waals surface area contributed by atoms with Crippen LogP contribution in [0.1, 0.15) is 37.0 Å². The molecule has 0 saturated carbocycles. The lowest BCUT2D eigenvalue weighted by atomic mass is 9.99. The number of amides is 4. The van der Waals surface area contributed by atoms with Gasteiger partial charge in [-0.05, 0) is 45.2 Å². The second kappa shape index (κ2) is 6.02.